The lowest BCUT2D eigenvalue weighted by Gasteiger charge is -1.97. The average molecular weight is 161 g/mol. The molecule has 4 heteroatoms. The third-order valence-corrected chi connectivity index (χ3v) is 1.56. The van der Waals surface area contributed by atoms with Gasteiger partial charge < -0.3 is 0 Å². The smallest absolute Gasteiger partial charge is 0.0951 e. The van der Waals surface area contributed by atoms with Gasteiger partial charge in [0.15, 0.2) is 0 Å². The minimum Gasteiger partial charge on any atom is -0.251 e. The van der Waals surface area contributed by atoms with E-state index in [1.807, 2.05) is 24.3 Å². The van der Waals surface area contributed by atoms with Gasteiger partial charge in [-0.15, -0.1) is 10.2 Å². The Hall–Kier alpha value is -1.68. The van der Waals surface area contributed by atoms with Gasteiger partial charge >= 0.3 is 0 Å². The molecule has 0 saturated carbocycles. The van der Waals surface area contributed by atoms with Crippen LogP contribution in [-0.2, 0) is 0 Å². The average Bonchev–Trinajstić information content (AvgIpc) is 2.25. The van der Waals surface area contributed by atoms with E-state index in [4.69, 9.17) is 5.21 Å². The van der Waals surface area contributed by atoms with Gasteiger partial charge in [-0.2, -0.15) is 0 Å². The fourth-order valence-electron chi connectivity index (χ4n) is 1.01. The summed E-state index contributed by atoms with van der Waals surface area (Å²) >= 11 is 0. The van der Waals surface area contributed by atoms with Crippen LogP contribution in [-0.4, -0.2) is 16.7 Å². The first-order valence-electron chi connectivity index (χ1n) is 3.53. The number of hydrogen-bond acceptors (Lipinski definition) is 4. The zero-order valence-corrected chi connectivity index (χ0v) is 6.25. The largest absolute Gasteiger partial charge is 0.251 e. The lowest BCUT2D eigenvalue weighted by atomic mass is 10.3. The highest BCUT2D eigenvalue weighted by molar-refractivity contribution is 5.90. The van der Waals surface area contributed by atoms with Crippen molar-refractivity contribution in [2.24, 2.45) is 10.2 Å². The maximum Gasteiger partial charge on any atom is 0.0951 e. The fourth-order valence-corrected chi connectivity index (χ4v) is 1.01. The van der Waals surface area contributed by atoms with E-state index in [0.717, 1.165) is 5.22 Å². The predicted molar refractivity (Wildman–Crippen MR) is 43.8 cm³/mol. The van der Waals surface area contributed by atoms with E-state index in [1.54, 1.807) is 6.08 Å². The maximum atomic E-state index is 8.98. The quantitative estimate of drug-likeness (QED) is 0.567. The lowest BCUT2D eigenvalue weighted by molar-refractivity contribution is -0.0917. The first kappa shape index (κ1) is 7.00. The topological polar surface area (TPSA) is 48.2 Å². The molecule has 0 unspecified atom stereocenters. The highest BCUT2D eigenvalue weighted by Gasteiger charge is 1.92. The molecular weight excluding hydrogens is 154 g/mol. The SMILES string of the molecule is ON1N=CC=c2ccccc2=N1. The van der Waals surface area contributed by atoms with Crippen molar-refractivity contribution in [2.75, 3.05) is 0 Å². The van der Waals surface area contributed by atoms with Crippen LogP contribution in [0.3, 0.4) is 0 Å². The Morgan fingerprint density at radius 2 is 2.08 bits per heavy atom. The molecule has 1 heterocycles. The van der Waals surface area contributed by atoms with Crippen molar-refractivity contribution < 1.29 is 5.21 Å². The molecule has 2 rings (SSSR count). The van der Waals surface area contributed by atoms with Crippen LogP contribution in [0.4, 0.5) is 0 Å². The Morgan fingerprint density at radius 3 is 3.00 bits per heavy atom. The number of hydrazone groups is 1. The molecule has 1 aromatic carbocycles. The van der Waals surface area contributed by atoms with Crippen LogP contribution >= 0.6 is 0 Å². The summed E-state index contributed by atoms with van der Waals surface area (Å²) < 4.78 is 0. The number of fused-ring (bicyclic) bond motifs is 1. The Kier molecular flexibility index (Phi) is 1.60. The van der Waals surface area contributed by atoms with Crippen molar-refractivity contribution in [3.05, 3.63) is 34.8 Å². The molecule has 0 aliphatic carbocycles. The van der Waals surface area contributed by atoms with Crippen LogP contribution < -0.4 is 10.6 Å². The van der Waals surface area contributed by atoms with Crippen LogP contribution in [0, 0.1) is 0 Å². The summed E-state index contributed by atoms with van der Waals surface area (Å²) in [4.78, 5) is 0. The third-order valence-electron chi connectivity index (χ3n) is 1.56. The fraction of sp³-hybridized carbons (Fsp3) is 0. The van der Waals surface area contributed by atoms with Gasteiger partial charge in [-0.25, -0.2) is 0 Å². The van der Waals surface area contributed by atoms with E-state index < -0.39 is 0 Å². The van der Waals surface area contributed by atoms with Crippen molar-refractivity contribution >= 4 is 12.3 Å². The van der Waals surface area contributed by atoms with Crippen molar-refractivity contribution in [1.29, 1.82) is 0 Å². The number of nitrogens with zero attached hydrogens (tertiary/aromatic N) is 3. The Labute approximate surface area is 68.7 Å². The number of rotatable bonds is 0. The molecule has 1 aliphatic heterocycles. The second-order valence-electron chi connectivity index (χ2n) is 2.36. The van der Waals surface area contributed by atoms with Gasteiger partial charge in [0.1, 0.15) is 0 Å². The molecule has 0 atom stereocenters. The van der Waals surface area contributed by atoms with E-state index in [9.17, 15) is 0 Å². The minimum absolute atomic E-state index is 0.558. The maximum absolute atomic E-state index is 8.98. The third kappa shape index (κ3) is 1.19. The summed E-state index contributed by atoms with van der Waals surface area (Å²) in [5, 5.41) is 18.6. The second kappa shape index (κ2) is 2.75. The molecule has 0 bridgehead atoms. The summed E-state index contributed by atoms with van der Waals surface area (Å²) in [6, 6.07) is 7.48. The number of hydrogen-bond donors (Lipinski definition) is 1. The molecule has 0 aromatic heterocycles. The van der Waals surface area contributed by atoms with Crippen molar-refractivity contribution in [2.45, 2.75) is 0 Å². The molecule has 12 heavy (non-hydrogen) atoms. The Balaban J connectivity index is 2.75. The van der Waals surface area contributed by atoms with E-state index in [0.29, 0.717) is 10.6 Å². The highest BCUT2D eigenvalue weighted by Crippen LogP contribution is 1.83. The van der Waals surface area contributed by atoms with Gasteiger partial charge in [-0.05, 0) is 17.4 Å². The summed E-state index contributed by atoms with van der Waals surface area (Å²) in [7, 11) is 0. The molecule has 0 saturated heterocycles. The van der Waals surface area contributed by atoms with Crippen molar-refractivity contribution in [1.82, 2.24) is 5.28 Å². The molecule has 60 valence electrons. The predicted octanol–water partition coefficient (Wildman–Crippen LogP) is -0.308. The lowest BCUT2D eigenvalue weighted by Crippen LogP contribution is -2.25. The van der Waals surface area contributed by atoms with Crippen molar-refractivity contribution in [3.63, 3.8) is 0 Å². The molecule has 1 aliphatic rings. The van der Waals surface area contributed by atoms with Crippen LogP contribution in [0.5, 0.6) is 0 Å². The van der Waals surface area contributed by atoms with Crippen LogP contribution in [0.25, 0.3) is 6.08 Å². The van der Waals surface area contributed by atoms with E-state index >= 15 is 0 Å². The molecular formula is C8H7N3O. The molecule has 1 aromatic rings. The zero-order valence-electron chi connectivity index (χ0n) is 6.25. The standard InChI is InChI=1S/C8H7N3O/c12-11-9-6-5-7-3-1-2-4-8(7)10-11/h1-6,12H. The molecule has 4 nitrogen and oxygen atoms in total. The second-order valence-corrected chi connectivity index (χ2v) is 2.36. The molecule has 0 amide bonds. The van der Waals surface area contributed by atoms with Crippen LogP contribution in [0.2, 0.25) is 0 Å². The van der Waals surface area contributed by atoms with Crippen LogP contribution in [0.1, 0.15) is 0 Å². The van der Waals surface area contributed by atoms with Gasteiger partial charge in [0, 0.05) is 5.22 Å². The first-order chi connectivity index (χ1) is 5.86. The van der Waals surface area contributed by atoms with E-state index in [1.165, 1.54) is 6.21 Å². The van der Waals surface area contributed by atoms with Crippen molar-refractivity contribution in [3.8, 4) is 0 Å². The summed E-state index contributed by atoms with van der Waals surface area (Å²) in [6.07, 6.45) is 3.28. The Bertz CT molecular complexity index is 424. The van der Waals surface area contributed by atoms with E-state index in [-0.39, 0.29) is 0 Å². The highest BCUT2D eigenvalue weighted by atomic mass is 16.6. The van der Waals surface area contributed by atoms with Gasteiger partial charge in [-0.3, -0.25) is 5.21 Å². The summed E-state index contributed by atoms with van der Waals surface area (Å²) in [5.74, 6) is 0. The number of benzene rings is 1. The molecule has 0 spiro atoms. The summed E-state index contributed by atoms with van der Waals surface area (Å²) in [6.45, 7) is 0. The summed E-state index contributed by atoms with van der Waals surface area (Å²) in [5.41, 5.74) is 0. The molecule has 0 radical (unpaired) electrons. The molecule has 0 fully saturated rings. The first-order valence-corrected chi connectivity index (χ1v) is 3.53. The van der Waals surface area contributed by atoms with Gasteiger partial charge in [0.2, 0.25) is 0 Å². The Morgan fingerprint density at radius 1 is 1.25 bits per heavy atom. The monoisotopic (exact) mass is 161 g/mol. The zero-order chi connectivity index (χ0) is 8.39. The van der Waals surface area contributed by atoms with Gasteiger partial charge in [0.25, 0.3) is 0 Å². The normalized spacial score (nSPS) is 14.2. The van der Waals surface area contributed by atoms with E-state index in [2.05, 4.69) is 10.2 Å². The minimum atomic E-state index is 0.558. The molecule has 1 N–H and O–H groups in total. The van der Waals surface area contributed by atoms with Gasteiger partial charge in [0.05, 0.1) is 11.6 Å². The van der Waals surface area contributed by atoms with Crippen LogP contribution in [0.15, 0.2) is 34.5 Å². The van der Waals surface area contributed by atoms with Gasteiger partial charge in [-0.1, -0.05) is 18.2 Å².